The summed E-state index contributed by atoms with van der Waals surface area (Å²) in [6.07, 6.45) is 3.22. The Labute approximate surface area is 179 Å². The maximum atomic E-state index is 8.69. The number of thiophene rings is 1. The van der Waals surface area contributed by atoms with E-state index in [0.29, 0.717) is 0 Å². The highest BCUT2D eigenvalue weighted by Gasteiger charge is 2.17. The standard InChI is InChI=1S/C25H19NO3S/c1-27-19-11-7-18(8-12-19)25-24(22-14-13-21(28-2)16-23(22)30-25)29-20-9-5-17(6-10-20)4-3-15-26/h3-14,16H,1-2H3/b4-3+. The Kier molecular flexibility index (Phi) is 5.69. The molecule has 0 N–H and O–H groups in total. The highest BCUT2D eigenvalue weighted by atomic mass is 32.1. The molecule has 5 heteroatoms. The van der Waals surface area contributed by atoms with Crippen molar-refractivity contribution in [2.75, 3.05) is 14.2 Å². The molecule has 0 atom stereocenters. The minimum atomic E-state index is 0.731. The topological polar surface area (TPSA) is 51.5 Å². The molecule has 4 rings (SSSR count). The van der Waals surface area contributed by atoms with Gasteiger partial charge in [0.05, 0.1) is 25.2 Å². The Balaban J connectivity index is 1.77. The Morgan fingerprint density at radius 3 is 2.17 bits per heavy atom. The molecule has 148 valence electrons. The van der Waals surface area contributed by atoms with Crippen LogP contribution < -0.4 is 14.2 Å². The molecule has 4 aromatic rings. The summed E-state index contributed by atoms with van der Waals surface area (Å²) in [5.74, 6) is 3.16. The molecule has 0 saturated carbocycles. The van der Waals surface area contributed by atoms with Gasteiger partial charge < -0.3 is 14.2 Å². The zero-order valence-corrected chi connectivity index (χ0v) is 17.4. The summed E-state index contributed by atoms with van der Waals surface area (Å²) in [5.41, 5.74) is 2.00. The molecule has 0 spiro atoms. The SMILES string of the molecule is COc1ccc(-c2sc3cc(OC)ccc3c2Oc2ccc(/C=C/C#N)cc2)cc1. The van der Waals surface area contributed by atoms with Crippen molar-refractivity contribution < 1.29 is 14.2 Å². The van der Waals surface area contributed by atoms with E-state index < -0.39 is 0 Å². The van der Waals surface area contributed by atoms with Crippen molar-refractivity contribution in [3.63, 3.8) is 0 Å². The lowest BCUT2D eigenvalue weighted by Gasteiger charge is -2.09. The number of allylic oxidation sites excluding steroid dienone is 1. The number of hydrogen-bond acceptors (Lipinski definition) is 5. The van der Waals surface area contributed by atoms with Gasteiger partial charge in [0.25, 0.3) is 0 Å². The number of methoxy groups -OCH3 is 2. The van der Waals surface area contributed by atoms with Gasteiger partial charge in [0, 0.05) is 16.2 Å². The summed E-state index contributed by atoms with van der Waals surface area (Å²) >= 11 is 1.66. The largest absolute Gasteiger partial charge is 0.497 e. The molecule has 0 saturated heterocycles. The van der Waals surface area contributed by atoms with Crippen LogP contribution >= 0.6 is 11.3 Å². The summed E-state index contributed by atoms with van der Waals surface area (Å²) < 4.78 is 18.1. The van der Waals surface area contributed by atoms with E-state index in [1.54, 1.807) is 31.6 Å². The fourth-order valence-electron chi connectivity index (χ4n) is 3.11. The molecule has 1 heterocycles. The number of hydrogen-bond donors (Lipinski definition) is 0. The number of nitriles is 1. The number of fused-ring (bicyclic) bond motifs is 1. The van der Waals surface area contributed by atoms with E-state index in [2.05, 4.69) is 0 Å². The van der Waals surface area contributed by atoms with Gasteiger partial charge >= 0.3 is 0 Å². The van der Waals surface area contributed by atoms with Crippen LogP contribution in [-0.2, 0) is 0 Å². The van der Waals surface area contributed by atoms with Crippen LogP contribution in [-0.4, -0.2) is 14.2 Å². The fraction of sp³-hybridized carbons (Fsp3) is 0.0800. The highest BCUT2D eigenvalue weighted by molar-refractivity contribution is 7.22. The molecule has 0 fully saturated rings. The maximum Gasteiger partial charge on any atom is 0.153 e. The molecule has 0 aliphatic heterocycles. The van der Waals surface area contributed by atoms with Crippen molar-refractivity contribution in [1.29, 1.82) is 5.26 Å². The summed E-state index contributed by atoms with van der Waals surface area (Å²) in [6.45, 7) is 0. The van der Waals surface area contributed by atoms with Crippen LogP contribution in [0, 0.1) is 11.3 Å². The number of ether oxygens (including phenoxy) is 3. The molecule has 0 amide bonds. The molecular formula is C25H19NO3S. The zero-order chi connectivity index (χ0) is 20.9. The molecule has 0 aliphatic carbocycles. The van der Waals surface area contributed by atoms with E-state index in [0.717, 1.165) is 49.1 Å². The quantitative estimate of drug-likeness (QED) is 0.322. The van der Waals surface area contributed by atoms with Gasteiger partial charge in [-0.15, -0.1) is 11.3 Å². The van der Waals surface area contributed by atoms with Gasteiger partial charge in [0.1, 0.15) is 17.2 Å². The molecule has 0 bridgehead atoms. The van der Waals surface area contributed by atoms with Crippen molar-refractivity contribution >= 4 is 27.5 Å². The van der Waals surface area contributed by atoms with Gasteiger partial charge in [-0.2, -0.15) is 5.26 Å². The third kappa shape index (κ3) is 4.00. The minimum Gasteiger partial charge on any atom is -0.497 e. The lowest BCUT2D eigenvalue weighted by molar-refractivity contribution is 0.415. The first-order valence-corrected chi connectivity index (χ1v) is 10.1. The van der Waals surface area contributed by atoms with Crippen LogP contribution in [0.3, 0.4) is 0 Å². The third-order valence-corrected chi connectivity index (χ3v) is 5.84. The zero-order valence-electron chi connectivity index (χ0n) is 16.6. The molecule has 0 aliphatic rings. The van der Waals surface area contributed by atoms with E-state index in [1.165, 1.54) is 6.08 Å². The van der Waals surface area contributed by atoms with Gasteiger partial charge in [-0.05, 0) is 71.8 Å². The van der Waals surface area contributed by atoms with Crippen LogP contribution in [0.2, 0.25) is 0 Å². The lowest BCUT2D eigenvalue weighted by atomic mass is 10.1. The fourth-order valence-corrected chi connectivity index (χ4v) is 4.28. The number of nitrogens with zero attached hydrogens (tertiary/aromatic N) is 1. The van der Waals surface area contributed by atoms with Crippen LogP contribution in [0.15, 0.2) is 72.8 Å². The normalized spacial score (nSPS) is 10.8. The second-order valence-corrected chi connectivity index (χ2v) is 7.54. The Hall–Kier alpha value is -3.75. The minimum absolute atomic E-state index is 0.731. The Morgan fingerprint density at radius 2 is 1.50 bits per heavy atom. The van der Waals surface area contributed by atoms with Gasteiger partial charge in [-0.25, -0.2) is 0 Å². The van der Waals surface area contributed by atoms with Crippen molar-refractivity contribution in [3.05, 3.63) is 78.4 Å². The first kappa shape index (κ1) is 19.6. The average Bonchev–Trinajstić information content (AvgIpc) is 3.16. The molecular weight excluding hydrogens is 394 g/mol. The molecule has 4 nitrogen and oxygen atoms in total. The van der Waals surface area contributed by atoms with Gasteiger partial charge in [-0.3, -0.25) is 0 Å². The lowest BCUT2D eigenvalue weighted by Crippen LogP contribution is -1.87. The smallest absolute Gasteiger partial charge is 0.153 e. The number of rotatable bonds is 6. The number of benzene rings is 3. The average molecular weight is 413 g/mol. The summed E-state index contributed by atoms with van der Waals surface area (Å²) in [5, 5.41) is 9.71. The van der Waals surface area contributed by atoms with E-state index in [1.807, 2.05) is 72.8 Å². The summed E-state index contributed by atoms with van der Waals surface area (Å²) in [4.78, 5) is 1.04. The third-order valence-electron chi connectivity index (χ3n) is 4.65. The van der Waals surface area contributed by atoms with E-state index in [9.17, 15) is 0 Å². The van der Waals surface area contributed by atoms with Gasteiger partial charge in [0.2, 0.25) is 0 Å². The van der Waals surface area contributed by atoms with Crippen LogP contribution in [0.25, 0.3) is 26.6 Å². The van der Waals surface area contributed by atoms with Crippen molar-refractivity contribution in [2.24, 2.45) is 0 Å². The predicted molar refractivity (Wildman–Crippen MR) is 122 cm³/mol. The Morgan fingerprint density at radius 1 is 0.833 bits per heavy atom. The second kappa shape index (κ2) is 8.73. The van der Waals surface area contributed by atoms with E-state index in [-0.39, 0.29) is 0 Å². The predicted octanol–water partition coefficient (Wildman–Crippen LogP) is 6.91. The van der Waals surface area contributed by atoms with Crippen LogP contribution in [0.5, 0.6) is 23.0 Å². The molecule has 0 unspecified atom stereocenters. The van der Waals surface area contributed by atoms with E-state index in [4.69, 9.17) is 19.5 Å². The maximum absolute atomic E-state index is 8.69. The van der Waals surface area contributed by atoms with Crippen molar-refractivity contribution in [3.8, 4) is 39.5 Å². The monoisotopic (exact) mass is 413 g/mol. The summed E-state index contributed by atoms with van der Waals surface area (Å²) in [7, 11) is 3.32. The molecule has 0 radical (unpaired) electrons. The van der Waals surface area contributed by atoms with Crippen molar-refractivity contribution in [1.82, 2.24) is 0 Å². The molecule has 3 aromatic carbocycles. The molecule has 1 aromatic heterocycles. The highest BCUT2D eigenvalue weighted by Crippen LogP contribution is 2.47. The van der Waals surface area contributed by atoms with Crippen LogP contribution in [0.4, 0.5) is 0 Å². The van der Waals surface area contributed by atoms with Gasteiger partial charge in [0.15, 0.2) is 5.75 Å². The Bertz CT molecular complexity index is 1230. The second-order valence-electron chi connectivity index (χ2n) is 6.48. The summed E-state index contributed by atoms with van der Waals surface area (Å²) in [6, 6.07) is 23.6. The van der Waals surface area contributed by atoms with E-state index >= 15 is 0 Å². The first-order valence-electron chi connectivity index (χ1n) is 9.31. The molecule has 30 heavy (non-hydrogen) atoms. The van der Waals surface area contributed by atoms with Gasteiger partial charge in [-0.1, -0.05) is 12.1 Å². The van der Waals surface area contributed by atoms with Crippen LogP contribution in [0.1, 0.15) is 5.56 Å². The first-order chi connectivity index (χ1) is 14.7. The van der Waals surface area contributed by atoms with Crippen molar-refractivity contribution in [2.45, 2.75) is 0 Å².